The van der Waals surface area contributed by atoms with Gasteiger partial charge in [-0.2, -0.15) is 0 Å². The van der Waals surface area contributed by atoms with Gasteiger partial charge in [0.2, 0.25) is 0 Å². The van der Waals surface area contributed by atoms with Gasteiger partial charge in [-0.1, -0.05) is 24.6 Å². The van der Waals surface area contributed by atoms with E-state index in [1.165, 1.54) is 4.88 Å². The van der Waals surface area contributed by atoms with Gasteiger partial charge in [0.15, 0.2) is 0 Å². The van der Waals surface area contributed by atoms with E-state index in [1.54, 1.807) is 11.3 Å². The van der Waals surface area contributed by atoms with Gasteiger partial charge in [-0.3, -0.25) is 0 Å². The summed E-state index contributed by atoms with van der Waals surface area (Å²) in [5, 5.41) is 5.97. The number of thiophene rings is 1. The molecule has 2 aromatic heterocycles. The number of hydrogen-bond acceptors (Lipinski definition) is 4. The molecule has 3 nitrogen and oxygen atoms in total. The van der Waals surface area contributed by atoms with Crippen molar-refractivity contribution in [3.8, 4) is 0 Å². The fraction of sp³-hybridized carbons (Fsp3) is 0.385. The molecule has 0 atom stereocenters. The van der Waals surface area contributed by atoms with Gasteiger partial charge in [-0.05, 0) is 24.8 Å². The summed E-state index contributed by atoms with van der Waals surface area (Å²) in [4.78, 5) is 10.1. The second kappa shape index (κ2) is 6.16. The number of aromatic nitrogens is 2. The molecule has 0 fully saturated rings. The van der Waals surface area contributed by atoms with Gasteiger partial charge in [0.1, 0.15) is 16.8 Å². The first kappa shape index (κ1) is 13.3. The zero-order chi connectivity index (χ0) is 13.0. The lowest BCUT2D eigenvalue weighted by atomic mass is 10.3. The smallest absolute Gasteiger partial charge is 0.137 e. The lowest BCUT2D eigenvalue weighted by Gasteiger charge is -2.10. The average molecular weight is 282 g/mol. The Balaban J connectivity index is 2.02. The molecule has 5 heteroatoms. The highest BCUT2D eigenvalue weighted by atomic mass is 35.5. The molecule has 0 spiro atoms. The lowest BCUT2D eigenvalue weighted by molar-refractivity contribution is 0.918. The van der Waals surface area contributed by atoms with Crippen molar-refractivity contribution in [1.82, 2.24) is 9.97 Å². The topological polar surface area (TPSA) is 37.8 Å². The van der Waals surface area contributed by atoms with Crippen LogP contribution in [-0.2, 0) is 12.8 Å². The minimum atomic E-state index is 0.542. The number of halogens is 1. The van der Waals surface area contributed by atoms with Crippen LogP contribution in [0.15, 0.2) is 17.5 Å². The fourth-order valence-corrected chi connectivity index (χ4v) is 2.52. The minimum Gasteiger partial charge on any atom is -0.369 e. The molecule has 1 N–H and O–H groups in total. The highest BCUT2D eigenvalue weighted by molar-refractivity contribution is 7.09. The van der Waals surface area contributed by atoms with Crippen LogP contribution in [0, 0.1) is 6.92 Å². The third kappa shape index (κ3) is 3.21. The Labute approximate surface area is 116 Å². The maximum atomic E-state index is 6.09. The largest absolute Gasteiger partial charge is 0.369 e. The van der Waals surface area contributed by atoms with E-state index in [0.717, 1.165) is 36.6 Å². The molecule has 0 aromatic carbocycles. The van der Waals surface area contributed by atoms with Crippen LogP contribution < -0.4 is 5.32 Å². The van der Waals surface area contributed by atoms with Gasteiger partial charge >= 0.3 is 0 Å². The van der Waals surface area contributed by atoms with E-state index >= 15 is 0 Å². The first-order valence-corrected chi connectivity index (χ1v) is 7.25. The Kier molecular flexibility index (Phi) is 4.55. The Morgan fingerprint density at radius 3 is 2.89 bits per heavy atom. The Hall–Kier alpha value is -1.13. The van der Waals surface area contributed by atoms with Crippen molar-refractivity contribution in [2.45, 2.75) is 26.7 Å². The molecule has 96 valence electrons. The van der Waals surface area contributed by atoms with Crippen LogP contribution in [0.5, 0.6) is 0 Å². The van der Waals surface area contributed by atoms with E-state index in [9.17, 15) is 0 Å². The average Bonchev–Trinajstić information content (AvgIpc) is 2.87. The molecule has 0 bridgehead atoms. The lowest BCUT2D eigenvalue weighted by Crippen LogP contribution is -2.09. The Morgan fingerprint density at radius 2 is 2.22 bits per heavy atom. The van der Waals surface area contributed by atoms with Crippen molar-refractivity contribution in [2.75, 3.05) is 11.9 Å². The molecular formula is C13H16ClN3S. The van der Waals surface area contributed by atoms with Crippen LogP contribution in [0.4, 0.5) is 5.82 Å². The highest BCUT2D eigenvalue weighted by Crippen LogP contribution is 2.20. The molecule has 0 aliphatic heterocycles. The van der Waals surface area contributed by atoms with E-state index in [1.807, 2.05) is 13.8 Å². The van der Waals surface area contributed by atoms with Crippen LogP contribution in [-0.4, -0.2) is 16.5 Å². The second-order valence-corrected chi connectivity index (χ2v) is 5.40. The zero-order valence-electron chi connectivity index (χ0n) is 10.5. The third-order valence-electron chi connectivity index (χ3n) is 2.69. The summed E-state index contributed by atoms with van der Waals surface area (Å²) in [6.45, 7) is 4.82. The Bertz CT molecular complexity index is 511. The van der Waals surface area contributed by atoms with Gasteiger partial charge in [-0.15, -0.1) is 11.3 Å². The van der Waals surface area contributed by atoms with Gasteiger partial charge in [0.25, 0.3) is 0 Å². The number of rotatable bonds is 5. The molecule has 18 heavy (non-hydrogen) atoms. The molecule has 2 aromatic rings. The molecule has 2 heterocycles. The maximum Gasteiger partial charge on any atom is 0.137 e. The summed E-state index contributed by atoms with van der Waals surface area (Å²) in [5.74, 6) is 1.63. The molecular weight excluding hydrogens is 266 g/mol. The quantitative estimate of drug-likeness (QED) is 0.849. The van der Waals surface area contributed by atoms with Crippen LogP contribution in [0.1, 0.15) is 23.2 Å². The van der Waals surface area contributed by atoms with Crippen molar-refractivity contribution < 1.29 is 0 Å². The fourth-order valence-electron chi connectivity index (χ4n) is 1.62. The van der Waals surface area contributed by atoms with Gasteiger partial charge < -0.3 is 5.32 Å². The van der Waals surface area contributed by atoms with E-state index in [-0.39, 0.29) is 0 Å². The monoisotopic (exact) mass is 281 g/mol. The maximum absolute atomic E-state index is 6.09. The van der Waals surface area contributed by atoms with E-state index in [4.69, 9.17) is 11.6 Å². The number of aryl methyl sites for hydroxylation is 1. The summed E-state index contributed by atoms with van der Waals surface area (Å²) in [6.07, 6.45) is 1.79. The number of nitrogens with zero attached hydrogens (tertiary/aromatic N) is 2. The minimum absolute atomic E-state index is 0.542. The number of hydrogen-bond donors (Lipinski definition) is 1. The van der Waals surface area contributed by atoms with Crippen molar-refractivity contribution >= 4 is 28.8 Å². The van der Waals surface area contributed by atoms with Crippen molar-refractivity contribution in [3.05, 3.63) is 38.9 Å². The summed E-state index contributed by atoms with van der Waals surface area (Å²) < 4.78 is 0. The van der Waals surface area contributed by atoms with Crippen LogP contribution in [0.2, 0.25) is 5.15 Å². The van der Waals surface area contributed by atoms with Crippen molar-refractivity contribution in [2.24, 2.45) is 0 Å². The molecule has 0 unspecified atom stereocenters. The molecule has 0 aliphatic rings. The standard InChI is InChI=1S/C13H16ClN3S/c1-3-11-16-12(14)9(2)13(17-11)15-7-6-10-5-4-8-18-10/h4-5,8H,3,6-7H2,1-2H3,(H,15,16,17). The molecule has 2 rings (SSSR count). The van der Waals surface area contributed by atoms with E-state index < -0.39 is 0 Å². The van der Waals surface area contributed by atoms with Gasteiger partial charge in [-0.25, -0.2) is 9.97 Å². The number of nitrogens with one attached hydrogen (secondary N) is 1. The van der Waals surface area contributed by atoms with Crippen LogP contribution >= 0.6 is 22.9 Å². The van der Waals surface area contributed by atoms with Crippen molar-refractivity contribution in [1.29, 1.82) is 0 Å². The third-order valence-corrected chi connectivity index (χ3v) is 4.00. The normalized spacial score (nSPS) is 10.6. The van der Waals surface area contributed by atoms with Crippen molar-refractivity contribution in [3.63, 3.8) is 0 Å². The molecule has 0 aliphatic carbocycles. The molecule has 0 saturated carbocycles. The first-order chi connectivity index (χ1) is 8.70. The van der Waals surface area contributed by atoms with Crippen LogP contribution in [0.25, 0.3) is 0 Å². The first-order valence-electron chi connectivity index (χ1n) is 6.00. The second-order valence-electron chi connectivity index (χ2n) is 4.01. The molecule has 0 radical (unpaired) electrons. The SMILES string of the molecule is CCc1nc(Cl)c(C)c(NCCc2cccs2)n1. The predicted molar refractivity (Wildman–Crippen MR) is 77.7 cm³/mol. The molecule has 0 saturated heterocycles. The van der Waals surface area contributed by atoms with E-state index in [0.29, 0.717) is 5.15 Å². The van der Waals surface area contributed by atoms with E-state index in [2.05, 4.69) is 32.8 Å². The zero-order valence-corrected chi connectivity index (χ0v) is 12.1. The Morgan fingerprint density at radius 1 is 1.39 bits per heavy atom. The summed E-state index contributed by atoms with van der Waals surface area (Å²) in [5.41, 5.74) is 0.917. The predicted octanol–water partition coefficient (Wildman–Crippen LogP) is 3.72. The number of anilines is 1. The summed E-state index contributed by atoms with van der Waals surface area (Å²) in [7, 11) is 0. The van der Waals surface area contributed by atoms with Crippen LogP contribution in [0.3, 0.4) is 0 Å². The highest BCUT2D eigenvalue weighted by Gasteiger charge is 2.08. The summed E-state index contributed by atoms with van der Waals surface area (Å²) >= 11 is 7.86. The summed E-state index contributed by atoms with van der Waals surface area (Å²) in [6, 6.07) is 4.21. The van der Waals surface area contributed by atoms with Gasteiger partial charge in [0.05, 0.1) is 0 Å². The molecule has 0 amide bonds. The van der Waals surface area contributed by atoms with Gasteiger partial charge in [0, 0.05) is 23.4 Å².